The number of aromatic nitrogens is 4. The van der Waals surface area contributed by atoms with Crippen LogP contribution in [0, 0.1) is 6.92 Å². The highest BCUT2D eigenvalue weighted by Crippen LogP contribution is 2.41. The van der Waals surface area contributed by atoms with Gasteiger partial charge in [-0.05, 0) is 32.6 Å². The van der Waals surface area contributed by atoms with Gasteiger partial charge in [0.05, 0.1) is 6.10 Å². The number of hydrogen-bond donors (Lipinski definition) is 1. The smallest absolute Gasteiger partial charge is 0.255 e. The summed E-state index contributed by atoms with van der Waals surface area (Å²) >= 11 is 6.25. The molecule has 2 unspecified atom stereocenters. The summed E-state index contributed by atoms with van der Waals surface area (Å²) in [5.74, 6) is 1.51. The average molecular weight is 294 g/mol. The first kappa shape index (κ1) is 12.3. The van der Waals surface area contributed by atoms with Gasteiger partial charge in [-0.3, -0.25) is 0 Å². The van der Waals surface area contributed by atoms with E-state index in [9.17, 15) is 5.11 Å². The lowest BCUT2D eigenvalue weighted by Crippen LogP contribution is -2.46. The molecule has 2 aliphatic heterocycles. The van der Waals surface area contributed by atoms with Gasteiger partial charge in [-0.2, -0.15) is 19.6 Å². The number of piperidine rings is 1. The van der Waals surface area contributed by atoms with E-state index in [1.54, 1.807) is 4.52 Å². The minimum atomic E-state index is -0.187. The number of halogens is 1. The highest BCUT2D eigenvalue weighted by Gasteiger charge is 2.42. The Morgan fingerprint density at radius 3 is 2.70 bits per heavy atom. The van der Waals surface area contributed by atoms with E-state index in [2.05, 4.69) is 20.0 Å². The van der Waals surface area contributed by atoms with Crippen LogP contribution in [-0.4, -0.2) is 42.9 Å². The molecule has 2 aliphatic rings. The lowest BCUT2D eigenvalue weighted by atomic mass is 9.99. The molecule has 0 aromatic carbocycles. The third kappa shape index (κ3) is 1.64. The molecule has 106 valence electrons. The van der Waals surface area contributed by atoms with Gasteiger partial charge in [-0.25, -0.2) is 0 Å². The molecular formula is C13H16ClN5O. The SMILES string of the molecule is Cc1c(Cl)nc2ncnn2c1N1C2CCC1CC(O)C2. The minimum absolute atomic E-state index is 0.187. The molecule has 1 N–H and O–H groups in total. The van der Waals surface area contributed by atoms with Crippen LogP contribution >= 0.6 is 11.6 Å². The maximum absolute atomic E-state index is 9.95. The number of aliphatic hydroxyl groups excluding tert-OH is 1. The van der Waals surface area contributed by atoms with E-state index in [1.165, 1.54) is 6.33 Å². The van der Waals surface area contributed by atoms with E-state index in [0.29, 0.717) is 23.0 Å². The third-order valence-electron chi connectivity index (χ3n) is 4.53. The summed E-state index contributed by atoms with van der Waals surface area (Å²) in [6.45, 7) is 1.97. The summed E-state index contributed by atoms with van der Waals surface area (Å²) in [6.07, 6.45) is 5.15. The summed E-state index contributed by atoms with van der Waals surface area (Å²) < 4.78 is 1.77. The molecular weight excluding hydrogens is 278 g/mol. The Morgan fingerprint density at radius 1 is 1.30 bits per heavy atom. The Balaban J connectivity index is 1.90. The topological polar surface area (TPSA) is 66.5 Å². The van der Waals surface area contributed by atoms with Gasteiger partial charge in [0.2, 0.25) is 0 Å². The van der Waals surface area contributed by atoms with Crippen molar-refractivity contribution in [3.8, 4) is 0 Å². The van der Waals surface area contributed by atoms with Gasteiger partial charge in [0.25, 0.3) is 5.78 Å². The summed E-state index contributed by atoms with van der Waals surface area (Å²) in [6, 6.07) is 0.710. The van der Waals surface area contributed by atoms with Crippen molar-refractivity contribution in [2.24, 2.45) is 0 Å². The van der Waals surface area contributed by atoms with Crippen LogP contribution < -0.4 is 4.90 Å². The molecule has 0 saturated carbocycles. The van der Waals surface area contributed by atoms with Crippen molar-refractivity contribution in [3.05, 3.63) is 17.0 Å². The van der Waals surface area contributed by atoms with E-state index in [-0.39, 0.29) is 6.10 Å². The molecule has 7 heteroatoms. The van der Waals surface area contributed by atoms with Gasteiger partial charge in [0, 0.05) is 17.6 Å². The van der Waals surface area contributed by atoms with Crippen LogP contribution in [0.15, 0.2) is 6.33 Å². The lowest BCUT2D eigenvalue weighted by Gasteiger charge is -2.39. The van der Waals surface area contributed by atoms with Gasteiger partial charge < -0.3 is 10.0 Å². The fourth-order valence-corrected chi connectivity index (χ4v) is 3.84. The molecule has 0 spiro atoms. The molecule has 2 aromatic heterocycles. The van der Waals surface area contributed by atoms with E-state index >= 15 is 0 Å². The van der Waals surface area contributed by atoms with E-state index in [0.717, 1.165) is 37.1 Å². The standard InChI is InChI=1S/C13H16ClN5O/c1-7-11(14)17-13-15-6-16-19(13)12(7)18-8-2-3-9(18)5-10(20)4-8/h6,8-10,20H,2-5H2,1H3. The van der Waals surface area contributed by atoms with Crippen molar-refractivity contribution >= 4 is 23.2 Å². The fraction of sp³-hybridized carbons (Fsp3) is 0.615. The van der Waals surface area contributed by atoms with Gasteiger partial charge in [0.1, 0.15) is 17.3 Å². The van der Waals surface area contributed by atoms with Gasteiger partial charge in [-0.15, -0.1) is 0 Å². The highest BCUT2D eigenvalue weighted by molar-refractivity contribution is 6.30. The molecule has 2 saturated heterocycles. The van der Waals surface area contributed by atoms with Crippen molar-refractivity contribution in [2.75, 3.05) is 4.90 Å². The minimum Gasteiger partial charge on any atom is -0.393 e. The number of anilines is 1. The second-order valence-corrected chi connectivity index (χ2v) is 6.10. The Labute approximate surface area is 121 Å². The van der Waals surface area contributed by atoms with Crippen LogP contribution in [0.2, 0.25) is 5.15 Å². The van der Waals surface area contributed by atoms with Gasteiger partial charge in [0.15, 0.2) is 0 Å². The zero-order chi connectivity index (χ0) is 13.9. The van der Waals surface area contributed by atoms with Crippen molar-refractivity contribution in [1.82, 2.24) is 19.6 Å². The fourth-order valence-electron chi connectivity index (χ4n) is 3.68. The van der Waals surface area contributed by atoms with Crippen LogP contribution in [0.25, 0.3) is 5.78 Å². The Morgan fingerprint density at radius 2 is 2.00 bits per heavy atom. The molecule has 20 heavy (non-hydrogen) atoms. The molecule has 0 aliphatic carbocycles. The number of hydrogen-bond acceptors (Lipinski definition) is 5. The molecule has 2 aromatic rings. The summed E-state index contributed by atoms with van der Waals surface area (Å²) in [5.41, 5.74) is 0.929. The van der Waals surface area contributed by atoms with Crippen molar-refractivity contribution in [1.29, 1.82) is 0 Å². The highest BCUT2D eigenvalue weighted by atomic mass is 35.5. The largest absolute Gasteiger partial charge is 0.393 e. The first-order valence-electron chi connectivity index (χ1n) is 6.97. The van der Waals surface area contributed by atoms with Crippen molar-refractivity contribution < 1.29 is 5.11 Å². The first-order valence-corrected chi connectivity index (χ1v) is 7.35. The van der Waals surface area contributed by atoms with Crippen LogP contribution in [0.4, 0.5) is 5.82 Å². The van der Waals surface area contributed by atoms with E-state index in [4.69, 9.17) is 11.6 Å². The van der Waals surface area contributed by atoms with Crippen LogP contribution in [0.5, 0.6) is 0 Å². The van der Waals surface area contributed by atoms with Gasteiger partial charge in [-0.1, -0.05) is 11.6 Å². The number of rotatable bonds is 1. The van der Waals surface area contributed by atoms with E-state index in [1.807, 2.05) is 6.92 Å². The maximum atomic E-state index is 9.95. The zero-order valence-corrected chi connectivity index (χ0v) is 12.0. The summed E-state index contributed by atoms with van der Waals surface area (Å²) in [5, 5.41) is 14.7. The van der Waals surface area contributed by atoms with Gasteiger partial charge >= 0.3 is 0 Å². The molecule has 4 heterocycles. The van der Waals surface area contributed by atoms with Crippen LogP contribution in [0.3, 0.4) is 0 Å². The molecule has 4 rings (SSSR count). The summed E-state index contributed by atoms with van der Waals surface area (Å²) in [7, 11) is 0. The van der Waals surface area contributed by atoms with Crippen LogP contribution in [-0.2, 0) is 0 Å². The normalized spacial score (nSPS) is 29.4. The maximum Gasteiger partial charge on any atom is 0.255 e. The third-order valence-corrected chi connectivity index (χ3v) is 4.89. The first-order chi connectivity index (χ1) is 9.65. The van der Waals surface area contributed by atoms with Crippen LogP contribution in [0.1, 0.15) is 31.2 Å². The summed E-state index contributed by atoms with van der Waals surface area (Å²) in [4.78, 5) is 10.8. The van der Waals surface area contributed by atoms with Crippen molar-refractivity contribution in [2.45, 2.75) is 50.8 Å². The average Bonchev–Trinajstić information content (AvgIpc) is 2.95. The number of fused-ring (bicyclic) bond motifs is 3. The Kier molecular flexibility index (Phi) is 2.65. The Bertz CT molecular complexity index is 658. The van der Waals surface area contributed by atoms with E-state index < -0.39 is 0 Å². The molecule has 2 bridgehead atoms. The quantitative estimate of drug-likeness (QED) is 0.809. The molecule has 2 fully saturated rings. The van der Waals surface area contributed by atoms with Crippen molar-refractivity contribution in [3.63, 3.8) is 0 Å². The zero-order valence-electron chi connectivity index (χ0n) is 11.2. The molecule has 0 amide bonds. The second kappa shape index (κ2) is 4.30. The monoisotopic (exact) mass is 293 g/mol. The molecule has 6 nitrogen and oxygen atoms in total. The predicted molar refractivity (Wildman–Crippen MR) is 75.1 cm³/mol. The molecule has 0 radical (unpaired) electrons. The number of aliphatic hydroxyl groups is 1. The predicted octanol–water partition coefficient (Wildman–Crippen LogP) is 1.58. The Hall–Kier alpha value is -1.40. The molecule has 2 atom stereocenters. The second-order valence-electron chi connectivity index (χ2n) is 5.74. The lowest BCUT2D eigenvalue weighted by molar-refractivity contribution is 0.125. The number of nitrogens with zero attached hydrogens (tertiary/aromatic N) is 5.